The molecule has 0 bridgehead atoms. The van der Waals surface area contributed by atoms with E-state index in [1.165, 1.54) is 0 Å². The summed E-state index contributed by atoms with van der Waals surface area (Å²) in [5.41, 5.74) is 0. The molecule has 110 valence electrons. The van der Waals surface area contributed by atoms with E-state index in [0.717, 1.165) is 39.2 Å². The summed E-state index contributed by atoms with van der Waals surface area (Å²) in [6, 6.07) is 0. The van der Waals surface area contributed by atoms with Crippen LogP contribution in [0.2, 0.25) is 0 Å². The molecule has 0 aromatic heterocycles. The first-order chi connectivity index (χ1) is 8.74. The van der Waals surface area contributed by atoms with Gasteiger partial charge in [0, 0.05) is 52.9 Å². The molecule has 0 aliphatic rings. The van der Waals surface area contributed by atoms with E-state index in [0.29, 0.717) is 13.2 Å². The number of nitrogens with one attached hydrogen (secondary N) is 1. The minimum absolute atomic E-state index is 0.0706. The highest BCUT2D eigenvalue weighted by Crippen LogP contribution is 1.99. The SMILES string of the molecule is CCOC(CCNCCN(C)CCOC)OCC. The van der Waals surface area contributed by atoms with Gasteiger partial charge in [-0.25, -0.2) is 0 Å². The second-order valence-corrected chi connectivity index (χ2v) is 4.17. The van der Waals surface area contributed by atoms with Crippen molar-refractivity contribution in [2.24, 2.45) is 0 Å². The maximum Gasteiger partial charge on any atom is 0.158 e. The van der Waals surface area contributed by atoms with Crippen LogP contribution in [-0.2, 0) is 14.2 Å². The molecule has 0 heterocycles. The largest absolute Gasteiger partial charge is 0.383 e. The molecule has 0 saturated carbocycles. The van der Waals surface area contributed by atoms with Crippen LogP contribution in [0.25, 0.3) is 0 Å². The zero-order chi connectivity index (χ0) is 13.6. The summed E-state index contributed by atoms with van der Waals surface area (Å²) in [6.45, 7) is 10.1. The Morgan fingerprint density at radius 1 is 1.06 bits per heavy atom. The van der Waals surface area contributed by atoms with E-state index in [1.54, 1.807) is 7.11 Å². The van der Waals surface area contributed by atoms with Gasteiger partial charge in [0.1, 0.15) is 0 Å². The quantitative estimate of drug-likeness (QED) is 0.395. The predicted molar refractivity (Wildman–Crippen MR) is 73.9 cm³/mol. The molecule has 0 spiro atoms. The van der Waals surface area contributed by atoms with Crippen molar-refractivity contribution in [2.45, 2.75) is 26.6 Å². The van der Waals surface area contributed by atoms with Crippen LogP contribution in [0.1, 0.15) is 20.3 Å². The van der Waals surface area contributed by atoms with E-state index in [2.05, 4.69) is 17.3 Å². The van der Waals surface area contributed by atoms with E-state index in [4.69, 9.17) is 14.2 Å². The zero-order valence-corrected chi connectivity index (χ0v) is 12.4. The smallest absolute Gasteiger partial charge is 0.158 e. The van der Waals surface area contributed by atoms with Crippen molar-refractivity contribution in [1.82, 2.24) is 10.2 Å². The molecule has 0 rings (SSSR count). The van der Waals surface area contributed by atoms with Gasteiger partial charge >= 0.3 is 0 Å². The molecule has 1 N–H and O–H groups in total. The number of methoxy groups -OCH3 is 1. The molecular formula is C13H30N2O3. The average molecular weight is 262 g/mol. The van der Waals surface area contributed by atoms with Crippen molar-refractivity contribution in [3.8, 4) is 0 Å². The van der Waals surface area contributed by atoms with Crippen LogP contribution in [0.3, 0.4) is 0 Å². The molecule has 0 aliphatic heterocycles. The molecule has 0 atom stereocenters. The Hall–Kier alpha value is -0.200. The number of rotatable bonds is 13. The molecular weight excluding hydrogens is 232 g/mol. The normalized spacial score (nSPS) is 11.7. The third-order valence-corrected chi connectivity index (χ3v) is 2.61. The highest BCUT2D eigenvalue weighted by atomic mass is 16.7. The van der Waals surface area contributed by atoms with Crippen LogP contribution in [0.4, 0.5) is 0 Å². The fourth-order valence-electron chi connectivity index (χ4n) is 1.56. The minimum atomic E-state index is -0.0706. The summed E-state index contributed by atoms with van der Waals surface area (Å²) in [5, 5.41) is 3.40. The molecule has 0 radical (unpaired) electrons. The Morgan fingerprint density at radius 3 is 2.28 bits per heavy atom. The van der Waals surface area contributed by atoms with Crippen LogP contribution in [0, 0.1) is 0 Å². The lowest BCUT2D eigenvalue weighted by Gasteiger charge is -2.18. The third kappa shape index (κ3) is 10.9. The summed E-state index contributed by atoms with van der Waals surface area (Å²) < 4.78 is 16.0. The first-order valence-corrected chi connectivity index (χ1v) is 6.85. The van der Waals surface area contributed by atoms with E-state index in [9.17, 15) is 0 Å². The topological polar surface area (TPSA) is 43.0 Å². The van der Waals surface area contributed by atoms with Gasteiger partial charge in [-0.05, 0) is 20.9 Å². The molecule has 0 aliphatic carbocycles. The van der Waals surface area contributed by atoms with Crippen molar-refractivity contribution in [2.75, 3.05) is 60.2 Å². The van der Waals surface area contributed by atoms with E-state index in [1.807, 2.05) is 13.8 Å². The molecule has 18 heavy (non-hydrogen) atoms. The number of hydrogen-bond acceptors (Lipinski definition) is 5. The fourth-order valence-corrected chi connectivity index (χ4v) is 1.56. The van der Waals surface area contributed by atoms with Crippen LogP contribution in [0.15, 0.2) is 0 Å². The molecule has 0 aromatic rings. The fraction of sp³-hybridized carbons (Fsp3) is 1.00. The Morgan fingerprint density at radius 2 is 1.72 bits per heavy atom. The summed E-state index contributed by atoms with van der Waals surface area (Å²) in [5.74, 6) is 0. The van der Waals surface area contributed by atoms with Gasteiger partial charge in [-0.1, -0.05) is 0 Å². The van der Waals surface area contributed by atoms with E-state index >= 15 is 0 Å². The Labute approximate surface area is 112 Å². The standard InChI is InChI=1S/C13H30N2O3/c1-5-17-13(18-6-2)7-8-14-9-10-15(3)11-12-16-4/h13-14H,5-12H2,1-4H3. The first-order valence-electron chi connectivity index (χ1n) is 6.85. The molecule has 0 aromatic carbocycles. The molecule has 0 fully saturated rings. The third-order valence-electron chi connectivity index (χ3n) is 2.61. The van der Waals surface area contributed by atoms with Crippen molar-refractivity contribution in [1.29, 1.82) is 0 Å². The summed E-state index contributed by atoms with van der Waals surface area (Å²) in [4.78, 5) is 2.25. The highest BCUT2D eigenvalue weighted by molar-refractivity contribution is 4.56. The Kier molecular flexibility index (Phi) is 13.1. The predicted octanol–water partition coefficient (Wildman–Crippen LogP) is 0.943. The van der Waals surface area contributed by atoms with Gasteiger partial charge in [0.15, 0.2) is 6.29 Å². The molecule has 0 saturated heterocycles. The molecule has 5 heteroatoms. The van der Waals surface area contributed by atoms with Gasteiger partial charge in [-0.2, -0.15) is 0 Å². The van der Waals surface area contributed by atoms with Crippen molar-refractivity contribution in [3.63, 3.8) is 0 Å². The van der Waals surface area contributed by atoms with E-state index in [-0.39, 0.29) is 6.29 Å². The van der Waals surface area contributed by atoms with Crippen LogP contribution >= 0.6 is 0 Å². The van der Waals surface area contributed by atoms with Gasteiger partial charge in [-0.3, -0.25) is 0 Å². The molecule has 0 unspecified atom stereocenters. The second kappa shape index (κ2) is 13.2. The van der Waals surface area contributed by atoms with Gasteiger partial charge in [0.25, 0.3) is 0 Å². The molecule has 0 amide bonds. The van der Waals surface area contributed by atoms with Crippen molar-refractivity contribution < 1.29 is 14.2 Å². The van der Waals surface area contributed by atoms with Gasteiger partial charge in [0.2, 0.25) is 0 Å². The number of ether oxygens (including phenoxy) is 3. The minimum Gasteiger partial charge on any atom is -0.383 e. The Balaban J connectivity index is 3.41. The van der Waals surface area contributed by atoms with Crippen molar-refractivity contribution >= 4 is 0 Å². The number of likely N-dealkylation sites (N-methyl/N-ethyl adjacent to an activating group) is 1. The lowest BCUT2D eigenvalue weighted by molar-refractivity contribution is -0.138. The number of nitrogens with zero attached hydrogens (tertiary/aromatic N) is 1. The Bertz CT molecular complexity index is 164. The van der Waals surface area contributed by atoms with Crippen molar-refractivity contribution in [3.05, 3.63) is 0 Å². The maximum absolute atomic E-state index is 5.47. The summed E-state index contributed by atoms with van der Waals surface area (Å²) in [6.07, 6.45) is 0.822. The zero-order valence-electron chi connectivity index (χ0n) is 12.4. The van der Waals surface area contributed by atoms with Gasteiger partial charge < -0.3 is 24.4 Å². The van der Waals surface area contributed by atoms with Gasteiger partial charge in [0.05, 0.1) is 6.61 Å². The monoisotopic (exact) mass is 262 g/mol. The maximum atomic E-state index is 5.47. The highest BCUT2D eigenvalue weighted by Gasteiger charge is 2.06. The summed E-state index contributed by atoms with van der Waals surface area (Å²) in [7, 11) is 3.83. The number of hydrogen-bond donors (Lipinski definition) is 1. The van der Waals surface area contributed by atoms with Crippen LogP contribution < -0.4 is 5.32 Å². The molecule has 5 nitrogen and oxygen atoms in total. The van der Waals surface area contributed by atoms with Crippen LogP contribution in [-0.4, -0.2) is 71.3 Å². The first kappa shape index (κ1) is 17.8. The average Bonchev–Trinajstić information content (AvgIpc) is 2.36. The lowest BCUT2D eigenvalue weighted by atomic mass is 10.4. The van der Waals surface area contributed by atoms with Crippen LogP contribution in [0.5, 0.6) is 0 Å². The lowest BCUT2D eigenvalue weighted by Crippen LogP contribution is -2.33. The van der Waals surface area contributed by atoms with Gasteiger partial charge in [-0.15, -0.1) is 0 Å². The van der Waals surface area contributed by atoms with E-state index < -0.39 is 0 Å². The summed E-state index contributed by atoms with van der Waals surface area (Å²) >= 11 is 0. The second-order valence-electron chi connectivity index (χ2n) is 4.17.